The molecule has 1 N–H and O–H groups in total. The Kier molecular flexibility index (Phi) is 4.98. The molecule has 0 fully saturated rings. The van der Waals surface area contributed by atoms with E-state index in [2.05, 4.69) is 21.2 Å². The van der Waals surface area contributed by atoms with E-state index in [1.54, 1.807) is 0 Å². The van der Waals surface area contributed by atoms with E-state index in [1.165, 1.54) is 0 Å². The Morgan fingerprint density at radius 1 is 1.00 bits per heavy atom. The normalized spacial score (nSPS) is 9.95. The molecule has 4 heteroatoms. The molecule has 0 aliphatic heterocycles. The van der Waals surface area contributed by atoms with Crippen molar-refractivity contribution in [3.8, 4) is 11.5 Å². The van der Waals surface area contributed by atoms with Crippen molar-refractivity contribution in [2.75, 3.05) is 6.54 Å². The van der Waals surface area contributed by atoms with Gasteiger partial charge in [-0.25, -0.2) is 0 Å². The Bertz CT molecular complexity index is 526. The lowest BCUT2D eigenvalue weighted by Crippen LogP contribution is -2.18. The lowest BCUT2D eigenvalue weighted by Gasteiger charge is -2.06. The van der Waals surface area contributed by atoms with E-state index in [9.17, 15) is 4.79 Å². The highest BCUT2D eigenvalue weighted by Gasteiger charge is 1.98. The number of hydrogen-bond donors (Lipinski definition) is 1. The number of carbonyl (C=O) groups excluding carboxylic acids is 1. The summed E-state index contributed by atoms with van der Waals surface area (Å²) in [7, 11) is 0. The molecule has 0 saturated carbocycles. The highest BCUT2D eigenvalue weighted by atomic mass is 79.9. The molecule has 3 nitrogen and oxygen atoms in total. The second-order valence-corrected chi connectivity index (χ2v) is 4.73. The zero-order chi connectivity index (χ0) is 13.5. The number of hydrogen-bond acceptors (Lipinski definition) is 2. The topological polar surface area (TPSA) is 38.3 Å². The van der Waals surface area contributed by atoms with Gasteiger partial charge in [-0.1, -0.05) is 30.3 Å². The third-order valence-electron chi connectivity index (χ3n) is 2.58. The van der Waals surface area contributed by atoms with Crippen LogP contribution in [0.3, 0.4) is 0 Å². The largest absolute Gasteiger partial charge is 0.457 e. The summed E-state index contributed by atoms with van der Waals surface area (Å²) >= 11 is 2.83. The van der Waals surface area contributed by atoms with Crippen LogP contribution in [0.4, 0.5) is 4.79 Å². The highest BCUT2D eigenvalue weighted by Crippen LogP contribution is 2.21. The van der Waals surface area contributed by atoms with Crippen molar-refractivity contribution < 1.29 is 9.53 Å². The van der Waals surface area contributed by atoms with Gasteiger partial charge in [-0.2, -0.15) is 0 Å². The molecular formula is C15H14BrNO2. The molecule has 19 heavy (non-hydrogen) atoms. The van der Waals surface area contributed by atoms with Gasteiger partial charge in [0.1, 0.15) is 11.5 Å². The van der Waals surface area contributed by atoms with Crippen molar-refractivity contribution in [3.63, 3.8) is 0 Å². The Hall–Kier alpha value is -1.81. The van der Waals surface area contributed by atoms with Crippen molar-refractivity contribution in [1.29, 1.82) is 0 Å². The lowest BCUT2D eigenvalue weighted by atomic mass is 10.1. The summed E-state index contributed by atoms with van der Waals surface area (Å²) in [5.41, 5.74) is 1.15. The summed E-state index contributed by atoms with van der Waals surface area (Å²) in [6.07, 6.45) is 0.795. The minimum atomic E-state index is -0.184. The van der Waals surface area contributed by atoms with Gasteiger partial charge >= 0.3 is 0 Å². The van der Waals surface area contributed by atoms with E-state index < -0.39 is 0 Å². The molecule has 0 saturated heterocycles. The molecule has 0 heterocycles. The molecule has 1 amide bonds. The van der Waals surface area contributed by atoms with Crippen molar-refractivity contribution in [2.45, 2.75) is 6.42 Å². The molecule has 2 aromatic rings. The average Bonchev–Trinajstić information content (AvgIpc) is 2.42. The summed E-state index contributed by atoms with van der Waals surface area (Å²) in [4.78, 5) is 10.5. The second kappa shape index (κ2) is 6.95. The van der Waals surface area contributed by atoms with Gasteiger partial charge in [0, 0.05) is 22.5 Å². The van der Waals surface area contributed by atoms with E-state index in [-0.39, 0.29) is 4.82 Å². The van der Waals surface area contributed by atoms with Gasteiger partial charge in [-0.3, -0.25) is 4.79 Å². The minimum absolute atomic E-state index is 0.184. The summed E-state index contributed by atoms with van der Waals surface area (Å²) in [5.74, 6) is 1.63. The summed E-state index contributed by atoms with van der Waals surface area (Å²) in [6, 6.07) is 17.5. The van der Waals surface area contributed by atoms with Crippen LogP contribution in [0.5, 0.6) is 11.5 Å². The zero-order valence-electron chi connectivity index (χ0n) is 10.3. The van der Waals surface area contributed by atoms with Crippen molar-refractivity contribution in [1.82, 2.24) is 5.32 Å². The quantitative estimate of drug-likeness (QED) is 0.664. The van der Waals surface area contributed by atoms with E-state index in [4.69, 9.17) is 4.74 Å². The Morgan fingerprint density at radius 2 is 1.63 bits per heavy atom. The molecule has 0 bridgehead atoms. The molecule has 0 aromatic heterocycles. The first-order chi connectivity index (χ1) is 9.24. The predicted molar refractivity (Wildman–Crippen MR) is 79.0 cm³/mol. The maximum absolute atomic E-state index is 10.7. The van der Waals surface area contributed by atoms with Crippen LogP contribution in [0.25, 0.3) is 0 Å². The standard InChI is InChI=1S/C15H14BrNO2/c16-15(18)17-11-10-12-6-8-14(9-7-12)19-13-4-2-1-3-5-13/h1-9H,10-11H2,(H,17,18). The molecule has 0 spiro atoms. The third kappa shape index (κ3) is 4.75. The van der Waals surface area contributed by atoms with Crippen LogP contribution in [0.15, 0.2) is 54.6 Å². The maximum atomic E-state index is 10.7. The highest BCUT2D eigenvalue weighted by molar-refractivity contribution is 9.18. The number of carbonyl (C=O) groups is 1. The van der Waals surface area contributed by atoms with Crippen molar-refractivity contribution in [2.24, 2.45) is 0 Å². The Balaban J connectivity index is 1.89. The van der Waals surface area contributed by atoms with Crippen molar-refractivity contribution in [3.05, 3.63) is 60.2 Å². The Morgan fingerprint density at radius 3 is 2.26 bits per heavy atom. The smallest absolute Gasteiger partial charge is 0.287 e. The van der Waals surface area contributed by atoms with Gasteiger partial charge in [0.05, 0.1) is 0 Å². The van der Waals surface area contributed by atoms with Crippen LogP contribution < -0.4 is 10.1 Å². The molecule has 0 radical (unpaired) electrons. The zero-order valence-corrected chi connectivity index (χ0v) is 11.9. The lowest BCUT2D eigenvalue weighted by molar-refractivity contribution is 0.262. The summed E-state index contributed by atoms with van der Waals surface area (Å²) < 4.78 is 5.70. The van der Waals surface area contributed by atoms with Crippen LogP contribution in [0.2, 0.25) is 0 Å². The first kappa shape index (κ1) is 13.6. The van der Waals surface area contributed by atoms with Gasteiger partial charge in [-0.05, 0) is 36.2 Å². The molecular weight excluding hydrogens is 306 g/mol. The third-order valence-corrected chi connectivity index (χ3v) is 2.86. The monoisotopic (exact) mass is 319 g/mol. The number of amides is 1. The van der Waals surface area contributed by atoms with Gasteiger partial charge in [0.25, 0.3) is 4.82 Å². The van der Waals surface area contributed by atoms with E-state index in [0.29, 0.717) is 6.54 Å². The van der Waals surface area contributed by atoms with E-state index in [1.807, 2.05) is 54.6 Å². The average molecular weight is 320 g/mol. The number of ether oxygens (including phenoxy) is 1. The van der Waals surface area contributed by atoms with Crippen LogP contribution >= 0.6 is 15.9 Å². The van der Waals surface area contributed by atoms with Crippen LogP contribution in [-0.4, -0.2) is 11.4 Å². The molecule has 0 aliphatic carbocycles. The fraction of sp³-hybridized carbons (Fsp3) is 0.133. The molecule has 2 aromatic carbocycles. The van der Waals surface area contributed by atoms with Gasteiger partial charge in [0.2, 0.25) is 0 Å². The molecule has 0 aliphatic rings. The summed E-state index contributed by atoms with van der Waals surface area (Å²) in [5, 5.41) is 2.69. The Labute approximate surface area is 120 Å². The first-order valence-electron chi connectivity index (χ1n) is 5.99. The van der Waals surface area contributed by atoms with E-state index in [0.717, 1.165) is 23.5 Å². The second-order valence-electron chi connectivity index (χ2n) is 4.01. The first-order valence-corrected chi connectivity index (χ1v) is 6.78. The van der Waals surface area contributed by atoms with Gasteiger partial charge < -0.3 is 10.1 Å². The maximum Gasteiger partial charge on any atom is 0.287 e. The SMILES string of the molecule is O=C(Br)NCCc1ccc(Oc2ccccc2)cc1. The molecule has 2 rings (SSSR count). The molecule has 0 atom stereocenters. The van der Waals surface area contributed by atoms with Crippen LogP contribution in [0, 0.1) is 0 Å². The molecule has 98 valence electrons. The number of rotatable bonds is 5. The van der Waals surface area contributed by atoms with Gasteiger partial charge in [-0.15, -0.1) is 0 Å². The minimum Gasteiger partial charge on any atom is -0.457 e. The van der Waals surface area contributed by atoms with Crippen molar-refractivity contribution >= 4 is 20.7 Å². The molecule has 0 unspecified atom stereocenters. The van der Waals surface area contributed by atoms with Gasteiger partial charge in [0.15, 0.2) is 0 Å². The van der Waals surface area contributed by atoms with Crippen LogP contribution in [-0.2, 0) is 6.42 Å². The van der Waals surface area contributed by atoms with Crippen LogP contribution in [0.1, 0.15) is 5.56 Å². The fourth-order valence-electron chi connectivity index (χ4n) is 1.65. The fourth-order valence-corrected chi connectivity index (χ4v) is 1.85. The number of benzene rings is 2. The number of para-hydroxylation sites is 1. The predicted octanol–water partition coefficient (Wildman–Crippen LogP) is 4.13. The summed E-state index contributed by atoms with van der Waals surface area (Å²) in [6.45, 7) is 0.614. The van der Waals surface area contributed by atoms with E-state index >= 15 is 0 Å². The number of halogens is 1. The number of nitrogens with one attached hydrogen (secondary N) is 1.